The summed E-state index contributed by atoms with van der Waals surface area (Å²) in [5, 5.41) is 2.52. The zero-order chi connectivity index (χ0) is 8.81. The standard InChI is InChI=1S/C9H10NO2/c1-2-10-9(11)12-8-6-4-3-5-7-8/h3-4,6-7H,2H2,1H3,(H,10,11). The normalized spacial score (nSPS) is 9.08. The first-order chi connectivity index (χ1) is 5.83. The van der Waals surface area contributed by atoms with E-state index in [9.17, 15) is 4.79 Å². The average molecular weight is 164 g/mol. The third kappa shape index (κ3) is 2.62. The van der Waals surface area contributed by atoms with Crippen LogP contribution in [-0.2, 0) is 0 Å². The van der Waals surface area contributed by atoms with Crippen LogP contribution in [0.2, 0.25) is 0 Å². The Morgan fingerprint density at radius 1 is 1.75 bits per heavy atom. The molecule has 63 valence electrons. The van der Waals surface area contributed by atoms with Gasteiger partial charge in [0.25, 0.3) is 0 Å². The van der Waals surface area contributed by atoms with Crippen LogP contribution in [-0.4, -0.2) is 12.6 Å². The lowest BCUT2D eigenvalue weighted by molar-refractivity contribution is 0.201. The molecule has 0 saturated carbocycles. The van der Waals surface area contributed by atoms with Gasteiger partial charge in [-0.05, 0) is 25.1 Å². The molecule has 1 radical (unpaired) electrons. The Labute approximate surface area is 71.4 Å². The van der Waals surface area contributed by atoms with E-state index < -0.39 is 6.09 Å². The molecule has 12 heavy (non-hydrogen) atoms. The highest BCUT2D eigenvalue weighted by Gasteiger charge is 1.99. The number of benzene rings is 1. The number of carbonyl (C=O) groups is 1. The summed E-state index contributed by atoms with van der Waals surface area (Å²) in [7, 11) is 0. The van der Waals surface area contributed by atoms with Gasteiger partial charge in [-0.1, -0.05) is 12.1 Å². The van der Waals surface area contributed by atoms with E-state index in [1.807, 2.05) is 6.92 Å². The minimum absolute atomic E-state index is 0.433. The van der Waals surface area contributed by atoms with Crippen LogP contribution >= 0.6 is 0 Å². The molecule has 3 nitrogen and oxygen atoms in total. The van der Waals surface area contributed by atoms with Crippen molar-refractivity contribution in [2.24, 2.45) is 0 Å². The van der Waals surface area contributed by atoms with Crippen molar-refractivity contribution < 1.29 is 9.53 Å². The molecule has 0 fully saturated rings. The van der Waals surface area contributed by atoms with E-state index in [2.05, 4.69) is 11.4 Å². The third-order valence-electron chi connectivity index (χ3n) is 1.21. The van der Waals surface area contributed by atoms with Gasteiger partial charge in [0.2, 0.25) is 0 Å². The molecule has 0 heterocycles. The summed E-state index contributed by atoms with van der Waals surface area (Å²) >= 11 is 0. The van der Waals surface area contributed by atoms with E-state index in [0.717, 1.165) is 0 Å². The highest BCUT2D eigenvalue weighted by Crippen LogP contribution is 2.07. The minimum Gasteiger partial charge on any atom is -0.410 e. The second-order valence-electron chi connectivity index (χ2n) is 2.16. The molecule has 1 amide bonds. The molecule has 0 spiro atoms. The average Bonchev–Trinajstić information content (AvgIpc) is 2.06. The second kappa shape index (κ2) is 4.38. The van der Waals surface area contributed by atoms with E-state index in [4.69, 9.17) is 4.74 Å². The first kappa shape index (κ1) is 8.59. The summed E-state index contributed by atoms with van der Waals surface area (Å²) in [6.45, 7) is 2.40. The van der Waals surface area contributed by atoms with Crippen LogP contribution in [0.5, 0.6) is 5.75 Å². The smallest absolute Gasteiger partial charge is 0.410 e. The molecular formula is C9H10NO2. The highest BCUT2D eigenvalue weighted by atomic mass is 16.5. The SMILES string of the molecule is CCNC(=O)Oc1c[c]ccc1. The lowest BCUT2D eigenvalue weighted by Gasteiger charge is -2.02. The van der Waals surface area contributed by atoms with Crippen molar-refractivity contribution in [2.75, 3.05) is 6.54 Å². The monoisotopic (exact) mass is 164 g/mol. The van der Waals surface area contributed by atoms with Gasteiger partial charge in [-0.2, -0.15) is 0 Å². The molecule has 0 aliphatic carbocycles. The number of nitrogens with one attached hydrogen (secondary N) is 1. The molecule has 0 aliphatic heterocycles. The van der Waals surface area contributed by atoms with Crippen molar-refractivity contribution in [1.29, 1.82) is 0 Å². The highest BCUT2D eigenvalue weighted by molar-refractivity contribution is 5.70. The Morgan fingerprint density at radius 3 is 3.17 bits per heavy atom. The van der Waals surface area contributed by atoms with Crippen LogP contribution in [0.15, 0.2) is 24.3 Å². The maximum Gasteiger partial charge on any atom is 0.412 e. The Bertz CT molecular complexity index is 246. The predicted molar refractivity (Wildman–Crippen MR) is 45.0 cm³/mol. The molecule has 0 atom stereocenters. The van der Waals surface area contributed by atoms with Crippen LogP contribution in [0.1, 0.15) is 6.92 Å². The summed E-state index contributed by atoms with van der Waals surface area (Å²) < 4.78 is 4.87. The van der Waals surface area contributed by atoms with Gasteiger partial charge >= 0.3 is 6.09 Å². The zero-order valence-corrected chi connectivity index (χ0v) is 6.83. The fourth-order valence-corrected chi connectivity index (χ4v) is 0.728. The van der Waals surface area contributed by atoms with E-state index in [-0.39, 0.29) is 0 Å². The predicted octanol–water partition coefficient (Wildman–Crippen LogP) is 1.60. The molecule has 0 aliphatic rings. The minimum atomic E-state index is -0.433. The second-order valence-corrected chi connectivity index (χ2v) is 2.16. The zero-order valence-electron chi connectivity index (χ0n) is 6.83. The number of rotatable bonds is 2. The van der Waals surface area contributed by atoms with E-state index in [1.54, 1.807) is 24.3 Å². The summed E-state index contributed by atoms with van der Waals surface area (Å²) in [5.74, 6) is 0.503. The number of hydrogen-bond acceptors (Lipinski definition) is 2. The Kier molecular flexibility index (Phi) is 3.14. The van der Waals surface area contributed by atoms with Crippen LogP contribution in [0.3, 0.4) is 0 Å². The number of ether oxygens (including phenoxy) is 1. The molecule has 0 bridgehead atoms. The molecule has 1 aromatic carbocycles. The lowest BCUT2D eigenvalue weighted by atomic mass is 10.3. The van der Waals surface area contributed by atoms with Gasteiger partial charge in [-0.3, -0.25) is 0 Å². The maximum absolute atomic E-state index is 10.9. The summed E-state index contributed by atoms with van der Waals surface area (Å²) in [4.78, 5) is 10.9. The molecule has 1 rings (SSSR count). The first-order valence-electron chi connectivity index (χ1n) is 3.74. The molecule has 1 N–H and O–H groups in total. The maximum atomic E-state index is 10.9. The Morgan fingerprint density at radius 2 is 2.58 bits per heavy atom. The lowest BCUT2D eigenvalue weighted by Crippen LogP contribution is -2.26. The number of carbonyl (C=O) groups excluding carboxylic acids is 1. The van der Waals surface area contributed by atoms with Gasteiger partial charge in [0.15, 0.2) is 0 Å². The quantitative estimate of drug-likeness (QED) is 0.720. The van der Waals surface area contributed by atoms with Crippen LogP contribution < -0.4 is 10.1 Å². The van der Waals surface area contributed by atoms with E-state index >= 15 is 0 Å². The summed E-state index contributed by atoms with van der Waals surface area (Å²) in [5.41, 5.74) is 0. The van der Waals surface area contributed by atoms with Crippen molar-refractivity contribution >= 4 is 6.09 Å². The summed E-state index contributed by atoms with van der Waals surface area (Å²) in [6.07, 6.45) is -0.433. The van der Waals surface area contributed by atoms with Gasteiger partial charge in [-0.25, -0.2) is 4.79 Å². The first-order valence-corrected chi connectivity index (χ1v) is 3.74. The summed E-state index contributed by atoms with van der Waals surface area (Å²) in [6, 6.07) is 9.61. The fourth-order valence-electron chi connectivity index (χ4n) is 0.728. The Balaban J connectivity index is 2.47. The largest absolute Gasteiger partial charge is 0.412 e. The van der Waals surface area contributed by atoms with Gasteiger partial charge in [0.1, 0.15) is 5.75 Å². The van der Waals surface area contributed by atoms with Crippen molar-refractivity contribution in [2.45, 2.75) is 6.92 Å². The van der Waals surface area contributed by atoms with E-state index in [0.29, 0.717) is 12.3 Å². The topological polar surface area (TPSA) is 38.3 Å². The third-order valence-corrected chi connectivity index (χ3v) is 1.21. The van der Waals surface area contributed by atoms with Crippen LogP contribution in [0.4, 0.5) is 4.79 Å². The Hall–Kier alpha value is -1.51. The van der Waals surface area contributed by atoms with Gasteiger partial charge in [-0.15, -0.1) is 0 Å². The van der Waals surface area contributed by atoms with Crippen molar-refractivity contribution in [3.05, 3.63) is 30.3 Å². The molecule has 3 heteroatoms. The van der Waals surface area contributed by atoms with Crippen molar-refractivity contribution in [1.82, 2.24) is 5.32 Å². The van der Waals surface area contributed by atoms with Crippen LogP contribution in [0, 0.1) is 6.07 Å². The molecule has 1 aromatic rings. The van der Waals surface area contributed by atoms with Crippen molar-refractivity contribution in [3.8, 4) is 5.75 Å². The fraction of sp³-hybridized carbons (Fsp3) is 0.222. The van der Waals surface area contributed by atoms with Gasteiger partial charge in [0, 0.05) is 6.54 Å². The van der Waals surface area contributed by atoms with Gasteiger partial charge in [0.05, 0.1) is 0 Å². The molecular weight excluding hydrogens is 154 g/mol. The van der Waals surface area contributed by atoms with Crippen LogP contribution in [0.25, 0.3) is 0 Å². The van der Waals surface area contributed by atoms with E-state index in [1.165, 1.54) is 0 Å². The van der Waals surface area contributed by atoms with Crippen molar-refractivity contribution in [3.63, 3.8) is 0 Å². The molecule has 0 unspecified atom stereocenters. The molecule has 0 aromatic heterocycles. The molecule has 0 saturated heterocycles. The number of hydrogen-bond donors (Lipinski definition) is 1. The number of amides is 1. The van der Waals surface area contributed by atoms with Gasteiger partial charge < -0.3 is 10.1 Å².